The van der Waals surface area contributed by atoms with Crippen LogP contribution >= 0.6 is 11.6 Å². The molecule has 8 heteroatoms. The van der Waals surface area contributed by atoms with Crippen molar-refractivity contribution < 1.29 is 17.9 Å². The fourth-order valence-corrected chi connectivity index (χ4v) is 4.40. The molecule has 2 rings (SSSR count). The van der Waals surface area contributed by atoms with E-state index in [1.807, 2.05) is 13.8 Å². The predicted octanol–water partition coefficient (Wildman–Crippen LogP) is 3.16. The van der Waals surface area contributed by atoms with Gasteiger partial charge < -0.3 is 15.0 Å². The highest BCUT2D eigenvalue weighted by molar-refractivity contribution is 7.92. The highest BCUT2D eigenvalue weighted by Gasteiger charge is 2.29. The normalized spacial score (nSPS) is 21.8. The van der Waals surface area contributed by atoms with E-state index in [2.05, 4.69) is 5.32 Å². The van der Waals surface area contributed by atoms with Gasteiger partial charge in [0, 0.05) is 13.1 Å². The molecule has 0 radical (unpaired) electrons. The molecule has 1 aliphatic rings. The number of rotatable bonds is 3. The Hall–Kier alpha value is -1.31. The van der Waals surface area contributed by atoms with E-state index in [1.165, 1.54) is 6.07 Å². The van der Waals surface area contributed by atoms with Crippen LogP contribution in [-0.4, -0.2) is 49.9 Å². The molecule has 1 aromatic carbocycles. The Balaban J connectivity index is 2.30. The molecule has 0 unspecified atom stereocenters. The summed E-state index contributed by atoms with van der Waals surface area (Å²) in [5, 5.41) is 2.15. The summed E-state index contributed by atoms with van der Waals surface area (Å²) >= 11 is 6.11. The largest absolute Gasteiger partial charge is 0.372 e. The number of amides is 2. The second-order valence-corrected chi connectivity index (χ2v) is 9.15. The minimum Gasteiger partial charge on any atom is -0.372 e. The molecule has 0 aliphatic carbocycles. The van der Waals surface area contributed by atoms with Crippen LogP contribution in [0.3, 0.4) is 0 Å². The Morgan fingerprint density at radius 2 is 1.88 bits per heavy atom. The lowest BCUT2D eigenvalue weighted by molar-refractivity contribution is -0.0530. The first-order valence-electron chi connectivity index (χ1n) is 7.86. The predicted molar refractivity (Wildman–Crippen MR) is 94.4 cm³/mol. The van der Waals surface area contributed by atoms with Gasteiger partial charge in [-0.05, 0) is 39.8 Å². The lowest BCUT2D eigenvalue weighted by atomic mass is 10.2. The first-order chi connectivity index (χ1) is 11.1. The second-order valence-electron chi connectivity index (χ2n) is 6.30. The van der Waals surface area contributed by atoms with E-state index in [9.17, 15) is 13.2 Å². The van der Waals surface area contributed by atoms with Crippen molar-refractivity contribution in [1.29, 1.82) is 0 Å². The van der Waals surface area contributed by atoms with E-state index >= 15 is 0 Å². The molecule has 1 heterocycles. The fourth-order valence-electron chi connectivity index (χ4n) is 2.67. The van der Waals surface area contributed by atoms with Gasteiger partial charge in [-0.1, -0.05) is 17.7 Å². The summed E-state index contributed by atoms with van der Waals surface area (Å²) in [6, 6.07) is 4.30. The highest BCUT2D eigenvalue weighted by Crippen LogP contribution is 2.32. The number of hydrogen-bond acceptors (Lipinski definition) is 4. The molecular formula is C16H23ClN2O4S. The minimum absolute atomic E-state index is 0.0376. The van der Waals surface area contributed by atoms with Gasteiger partial charge >= 0.3 is 6.03 Å². The summed E-state index contributed by atoms with van der Waals surface area (Å²) in [6.07, 6.45) is -0.143. The van der Waals surface area contributed by atoms with Crippen LogP contribution in [-0.2, 0) is 14.6 Å². The zero-order valence-corrected chi connectivity index (χ0v) is 15.8. The average Bonchev–Trinajstić information content (AvgIpc) is 2.45. The van der Waals surface area contributed by atoms with Gasteiger partial charge in [0.05, 0.1) is 28.2 Å². The maximum atomic E-state index is 12.6. The number of nitrogens with zero attached hydrogens (tertiary/aromatic N) is 1. The number of carbonyl (C=O) groups excluding carboxylic acids is 1. The summed E-state index contributed by atoms with van der Waals surface area (Å²) < 4.78 is 30.7. The van der Waals surface area contributed by atoms with Gasteiger partial charge in [0.1, 0.15) is 4.90 Å². The van der Waals surface area contributed by atoms with Crippen molar-refractivity contribution in [2.24, 2.45) is 0 Å². The Kier molecular flexibility index (Phi) is 5.78. The first kappa shape index (κ1) is 19.0. The molecule has 2 atom stereocenters. The number of nitrogens with one attached hydrogen (secondary N) is 1. The topological polar surface area (TPSA) is 75.7 Å². The SMILES string of the molecule is CC(C)S(=O)(=O)c1c(Cl)cccc1NC(=O)N1C[C@@H](C)O[C@@H](C)C1. The molecule has 1 N–H and O–H groups in total. The van der Waals surface area contributed by atoms with Crippen molar-refractivity contribution in [2.75, 3.05) is 18.4 Å². The summed E-state index contributed by atoms with van der Waals surface area (Å²) in [5.74, 6) is 0. The van der Waals surface area contributed by atoms with Crippen LogP contribution in [0.1, 0.15) is 27.7 Å². The van der Waals surface area contributed by atoms with Crippen molar-refractivity contribution in [3.63, 3.8) is 0 Å². The quantitative estimate of drug-likeness (QED) is 0.881. The van der Waals surface area contributed by atoms with Crippen LogP contribution in [0, 0.1) is 0 Å². The minimum atomic E-state index is -3.63. The number of carbonyl (C=O) groups is 1. The molecule has 1 fully saturated rings. The molecule has 0 bridgehead atoms. The highest BCUT2D eigenvalue weighted by atomic mass is 35.5. The number of halogens is 1. The third-order valence-electron chi connectivity index (χ3n) is 3.82. The zero-order chi connectivity index (χ0) is 18.1. The van der Waals surface area contributed by atoms with E-state index in [-0.39, 0.29) is 33.8 Å². The molecular weight excluding hydrogens is 352 g/mol. The summed E-state index contributed by atoms with van der Waals surface area (Å²) in [6.45, 7) is 7.84. The molecule has 1 aliphatic heterocycles. The van der Waals surface area contributed by atoms with Gasteiger partial charge in [-0.15, -0.1) is 0 Å². The molecule has 1 aromatic rings. The van der Waals surface area contributed by atoms with Crippen molar-refractivity contribution in [3.05, 3.63) is 23.2 Å². The van der Waals surface area contributed by atoms with Crippen LogP contribution in [0.15, 0.2) is 23.1 Å². The van der Waals surface area contributed by atoms with Gasteiger partial charge in [-0.25, -0.2) is 13.2 Å². The van der Waals surface area contributed by atoms with Crippen LogP contribution < -0.4 is 5.32 Å². The van der Waals surface area contributed by atoms with Gasteiger partial charge in [0.2, 0.25) is 0 Å². The molecule has 134 valence electrons. The third-order valence-corrected chi connectivity index (χ3v) is 6.50. The number of anilines is 1. The standard InChI is InChI=1S/C16H23ClN2O4S/c1-10(2)24(21,22)15-13(17)6-5-7-14(15)18-16(20)19-8-11(3)23-12(4)9-19/h5-7,10-12H,8-9H2,1-4H3,(H,18,20)/t11-,12+. The van der Waals surface area contributed by atoms with Crippen molar-refractivity contribution in [1.82, 2.24) is 4.90 Å². The first-order valence-corrected chi connectivity index (χ1v) is 9.79. The fraction of sp³-hybridized carbons (Fsp3) is 0.562. The zero-order valence-electron chi connectivity index (χ0n) is 14.2. The van der Waals surface area contributed by atoms with E-state index in [0.29, 0.717) is 13.1 Å². The van der Waals surface area contributed by atoms with Gasteiger partial charge in [-0.2, -0.15) is 0 Å². The smallest absolute Gasteiger partial charge is 0.322 e. The van der Waals surface area contributed by atoms with E-state index in [1.54, 1.807) is 30.9 Å². The Labute approximate surface area is 148 Å². The monoisotopic (exact) mass is 374 g/mol. The number of urea groups is 1. The van der Waals surface area contributed by atoms with E-state index < -0.39 is 15.1 Å². The number of hydrogen-bond donors (Lipinski definition) is 1. The summed E-state index contributed by atoms with van der Waals surface area (Å²) in [4.78, 5) is 14.1. The molecule has 6 nitrogen and oxygen atoms in total. The number of morpholine rings is 1. The van der Waals surface area contributed by atoms with Crippen molar-refractivity contribution in [3.8, 4) is 0 Å². The molecule has 0 saturated carbocycles. The van der Waals surface area contributed by atoms with Crippen LogP contribution in [0.4, 0.5) is 10.5 Å². The lowest BCUT2D eigenvalue weighted by Gasteiger charge is -2.35. The average molecular weight is 375 g/mol. The third kappa shape index (κ3) is 4.02. The van der Waals surface area contributed by atoms with Crippen molar-refractivity contribution >= 4 is 33.2 Å². The Bertz CT molecular complexity index is 711. The van der Waals surface area contributed by atoms with Gasteiger partial charge in [-0.3, -0.25) is 0 Å². The summed E-state index contributed by atoms with van der Waals surface area (Å²) in [5.41, 5.74) is 0.202. The van der Waals surface area contributed by atoms with Gasteiger partial charge in [0.15, 0.2) is 9.84 Å². The second kappa shape index (κ2) is 7.29. The maximum Gasteiger partial charge on any atom is 0.322 e. The summed E-state index contributed by atoms with van der Waals surface area (Å²) in [7, 11) is -3.63. The number of benzene rings is 1. The number of sulfone groups is 1. The van der Waals surface area contributed by atoms with Crippen molar-refractivity contribution in [2.45, 2.75) is 50.0 Å². The van der Waals surface area contributed by atoms with Crippen LogP contribution in [0.5, 0.6) is 0 Å². The Morgan fingerprint density at radius 3 is 2.42 bits per heavy atom. The lowest BCUT2D eigenvalue weighted by Crippen LogP contribution is -2.49. The van der Waals surface area contributed by atoms with Crippen LogP contribution in [0.2, 0.25) is 5.02 Å². The molecule has 0 aromatic heterocycles. The molecule has 0 spiro atoms. The van der Waals surface area contributed by atoms with Crippen LogP contribution in [0.25, 0.3) is 0 Å². The van der Waals surface area contributed by atoms with Gasteiger partial charge in [0.25, 0.3) is 0 Å². The Morgan fingerprint density at radius 1 is 1.29 bits per heavy atom. The molecule has 1 saturated heterocycles. The maximum absolute atomic E-state index is 12.6. The van der Waals surface area contributed by atoms with E-state index in [0.717, 1.165) is 0 Å². The number of ether oxygens (including phenoxy) is 1. The molecule has 24 heavy (non-hydrogen) atoms. The van der Waals surface area contributed by atoms with E-state index in [4.69, 9.17) is 16.3 Å². The molecule has 2 amide bonds.